The highest BCUT2D eigenvalue weighted by Gasteiger charge is 2.23. The molecule has 0 spiro atoms. The van der Waals surface area contributed by atoms with Gasteiger partial charge in [0.25, 0.3) is 5.91 Å². The Kier molecular flexibility index (Phi) is 4.04. The van der Waals surface area contributed by atoms with E-state index >= 15 is 0 Å². The molecule has 1 aliphatic rings. The number of aromatic nitrogens is 2. The summed E-state index contributed by atoms with van der Waals surface area (Å²) >= 11 is 0. The van der Waals surface area contributed by atoms with E-state index in [-0.39, 0.29) is 11.9 Å². The third kappa shape index (κ3) is 3.15. The highest BCUT2D eigenvalue weighted by Crippen LogP contribution is 2.24. The average Bonchev–Trinajstić information content (AvgIpc) is 3.00. The second kappa shape index (κ2) is 6.12. The van der Waals surface area contributed by atoms with Gasteiger partial charge in [0.15, 0.2) is 0 Å². The van der Waals surface area contributed by atoms with Gasteiger partial charge in [-0.05, 0) is 24.8 Å². The summed E-state index contributed by atoms with van der Waals surface area (Å²) in [6.45, 7) is 2.21. The fourth-order valence-electron chi connectivity index (χ4n) is 2.97. The van der Waals surface area contributed by atoms with Crippen molar-refractivity contribution in [1.29, 1.82) is 0 Å². The van der Waals surface area contributed by atoms with Crippen LogP contribution in [0, 0.1) is 5.92 Å². The van der Waals surface area contributed by atoms with Crippen molar-refractivity contribution in [1.82, 2.24) is 15.5 Å². The van der Waals surface area contributed by atoms with Crippen molar-refractivity contribution in [3.8, 4) is 11.3 Å². The van der Waals surface area contributed by atoms with Gasteiger partial charge in [-0.3, -0.25) is 9.89 Å². The summed E-state index contributed by atoms with van der Waals surface area (Å²) in [5, 5.41) is 10.2. The summed E-state index contributed by atoms with van der Waals surface area (Å²) in [6, 6.07) is 12.0. The Hall–Kier alpha value is -2.10. The molecule has 4 nitrogen and oxygen atoms in total. The molecule has 0 unspecified atom stereocenters. The molecule has 1 saturated carbocycles. The molecule has 1 amide bonds. The predicted octanol–water partition coefficient (Wildman–Crippen LogP) is 3.39. The topological polar surface area (TPSA) is 57.8 Å². The van der Waals surface area contributed by atoms with Crippen LogP contribution in [0.15, 0.2) is 36.4 Å². The molecule has 2 atom stereocenters. The molecule has 1 aromatic carbocycles. The Morgan fingerprint density at radius 3 is 2.76 bits per heavy atom. The Morgan fingerprint density at radius 1 is 1.24 bits per heavy atom. The molecule has 0 radical (unpaired) electrons. The Bertz CT molecular complexity index is 606. The summed E-state index contributed by atoms with van der Waals surface area (Å²) in [5.74, 6) is 0.502. The lowest BCUT2D eigenvalue weighted by Gasteiger charge is -2.29. The number of hydrogen-bond acceptors (Lipinski definition) is 2. The number of nitrogens with zero attached hydrogens (tertiary/aromatic N) is 1. The molecule has 0 aliphatic heterocycles. The molecule has 4 heteroatoms. The van der Waals surface area contributed by atoms with Crippen LogP contribution in [-0.4, -0.2) is 22.1 Å². The normalized spacial score (nSPS) is 22.0. The fourth-order valence-corrected chi connectivity index (χ4v) is 2.97. The van der Waals surface area contributed by atoms with Gasteiger partial charge in [0.2, 0.25) is 0 Å². The van der Waals surface area contributed by atoms with Crippen molar-refractivity contribution in [2.24, 2.45) is 5.92 Å². The molecule has 1 aliphatic carbocycles. The van der Waals surface area contributed by atoms with Crippen LogP contribution in [-0.2, 0) is 0 Å². The molecule has 110 valence electrons. The zero-order valence-electron chi connectivity index (χ0n) is 12.3. The molecule has 2 N–H and O–H groups in total. The molecule has 2 aromatic rings. The summed E-state index contributed by atoms with van der Waals surface area (Å²) in [6.07, 6.45) is 4.75. The molecular weight excluding hydrogens is 262 g/mol. The number of H-pyrrole nitrogens is 1. The van der Waals surface area contributed by atoms with Crippen molar-refractivity contribution in [2.45, 2.75) is 38.6 Å². The van der Waals surface area contributed by atoms with Gasteiger partial charge in [-0.2, -0.15) is 5.10 Å². The van der Waals surface area contributed by atoms with Crippen LogP contribution in [0.1, 0.15) is 43.1 Å². The van der Waals surface area contributed by atoms with E-state index in [9.17, 15) is 4.79 Å². The van der Waals surface area contributed by atoms with E-state index in [1.54, 1.807) is 0 Å². The van der Waals surface area contributed by atoms with Gasteiger partial charge in [-0.1, -0.05) is 50.1 Å². The van der Waals surface area contributed by atoms with Gasteiger partial charge in [-0.25, -0.2) is 0 Å². The van der Waals surface area contributed by atoms with Gasteiger partial charge in [-0.15, -0.1) is 0 Å². The molecule has 3 rings (SSSR count). The minimum Gasteiger partial charge on any atom is -0.348 e. The first-order chi connectivity index (χ1) is 10.2. The van der Waals surface area contributed by atoms with Crippen LogP contribution in [0.4, 0.5) is 0 Å². The molecule has 1 fully saturated rings. The molecular formula is C17H21N3O. The largest absolute Gasteiger partial charge is 0.348 e. The van der Waals surface area contributed by atoms with E-state index in [0.717, 1.165) is 17.7 Å². The van der Waals surface area contributed by atoms with Crippen molar-refractivity contribution < 1.29 is 4.79 Å². The third-order valence-corrected chi connectivity index (χ3v) is 4.32. The number of aromatic amines is 1. The molecule has 0 bridgehead atoms. The maximum Gasteiger partial charge on any atom is 0.269 e. The van der Waals surface area contributed by atoms with E-state index in [1.807, 2.05) is 36.4 Å². The first-order valence-corrected chi connectivity index (χ1v) is 7.66. The number of nitrogens with one attached hydrogen (secondary N) is 2. The summed E-state index contributed by atoms with van der Waals surface area (Å²) in [5.41, 5.74) is 2.35. The highest BCUT2D eigenvalue weighted by molar-refractivity contribution is 5.93. The van der Waals surface area contributed by atoms with Crippen LogP contribution in [0.5, 0.6) is 0 Å². The number of benzene rings is 1. The number of amides is 1. The standard InChI is InChI=1S/C17H21N3O/c1-12-7-5-6-10-14(12)18-17(21)16-11-15(19-20-16)13-8-3-2-4-9-13/h2-4,8-9,11-12,14H,5-7,10H2,1H3,(H,18,21)(H,19,20)/t12-,14+/m0/s1. The zero-order valence-corrected chi connectivity index (χ0v) is 12.3. The minimum absolute atomic E-state index is 0.0524. The number of carbonyl (C=O) groups excluding carboxylic acids is 1. The van der Waals surface area contributed by atoms with Crippen molar-refractivity contribution in [3.05, 3.63) is 42.1 Å². The van der Waals surface area contributed by atoms with E-state index in [0.29, 0.717) is 11.6 Å². The van der Waals surface area contributed by atoms with E-state index in [4.69, 9.17) is 0 Å². The average molecular weight is 283 g/mol. The van der Waals surface area contributed by atoms with Crippen LogP contribution in [0.3, 0.4) is 0 Å². The van der Waals surface area contributed by atoms with Crippen molar-refractivity contribution in [3.63, 3.8) is 0 Å². The Balaban J connectivity index is 1.69. The Labute approximate surface area is 125 Å². The van der Waals surface area contributed by atoms with Crippen molar-refractivity contribution in [2.75, 3.05) is 0 Å². The van der Waals surface area contributed by atoms with E-state index in [1.165, 1.54) is 19.3 Å². The maximum atomic E-state index is 12.3. The lowest BCUT2D eigenvalue weighted by molar-refractivity contribution is 0.0905. The predicted molar refractivity (Wildman–Crippen MR) is 82.9 cm³/mol. The van der Waals surface area contributed by atoms with Gasteiger partial charge in [0, 0.05) is 11.6 Å². The summed E-state index contributed by atoms with van der Waals surface area (Å²) in [4.78, 5) is 12.3. The van der Waals surface area contributed by atoms with Crippen LogP contribution in [0.2, 0.25) is 0 Å². The number of rotatable bonds is 3. The van der Waals surface area contributed by atoms with E-state index in [2.05, 4.69) is 22.4 Å². The molecule has 0 saturated heterocycles. The third-order valence-electron chi connectivity index (χ3n) is 4.32. The Morgan fingerprint density at radius 2 is 2.00 bits per heavy atom. The fraction of sp³-hybridized carbons (Fsp3) is 0.412. The SMILES string of the molecule is C[C@H]1CCCC[C@H]1NC(=O)c1cc(-c2ccccc2)n[nH]1. The second-order valence-corrected chi connectivity index (χ2v) is 5.87. The lowest BCUT2D eigenvalue weighted by Crippen LogP contribution is -2.41. The molecule has 1 heterocycles. The lowest BCUT2D eigenvalue weighted by atomic mass is 9.86. The maximum absolute atomic E-state index is 12.3. The van der Waals surface area contributed by atoms with Gasteiger partial charge in [0.1, 0.15) is 5.69 Å². The first kappa shape index (κ1) is 13.9. The van der Waals surface area contributed by atoms with Crippen LogP contribution >= 0.6 is 0 Å². The molecule has 21 heavy (non-hydrogen) atoms. The van der Waals surface area contributed by atoms with Gasteiger partial charge >= 0.3 is 0 Å². The van der Waals surface area contributed by atoms with Crippen molar-refractivity contribution >= 4 is 5.91 Å². The number of carbonyl (C=O) groups is 1. The smallest absolute Gasteiger partial charge is 0.269 e. The minimum atomic E-state index is -0.0524. The highest BCUT2D eigenvalue weighted by atomic mass is 16.2. The molecule has 1 aromatic heterocycles. The van der Waals surface area contributed by atoms with Crippen LogP contribution < -0.4 is 5.32 Å². The summed E-state index contributed by atoms with van der Waals surface area (Å²) in [7, 11) is 0. The van der Waals surface area contributed by atoms with E-state index < -0.39 is 0 Å². The first-order valence-electron chi connectivity index (χ1n) is 7.66. The van der Waals surface area contributed by atoms with Crippen LogP contribution in [0.25, 0.3) is 11.3 Å². The zero-order chi connectivity index (χ0) is 14.7. The second-order valence-electron chi connectivity index (χ2n) is 5.87. The number of hydrogen-bond donors (Lipinski definition) is 2. The quantitative estimate of drug-likeness (QED) is 0.907. The van der Waals surface area contributed by atoms with Gasteiger partial charge < -0.3 is 5.32 Å². The van der Waals surface area contributed by atoms with Gasteiger partial charge in [0.05, 0.1) is 5.69 Å². The summed E-state index contributed by atoms with van der Waals surface area (Å²) < 4.78 is 0. The monoisotopic (exact) mass is 283 g/mol.